The van der Waals surface area contributed by atoms with Crippen molar-refractivity contribution in [3.8, 4) is 11.7 Å². The summed E-state index contributed by atoms with van der Waals surface area (Å²) in [7, 11) is 1.44. The summed E-state index contributed by atoms with van der Waals surface area (Å²) < 4.78 is 17.0. The van der Waals surface area contributed by atoms with Crippen LogP contribution in [0.4, 0.5) is 0 Å². The molecule has 0 aliphatic carbocycles. The number of nitrogens with one attached hydrogen (secondary N) is 1. The van der Waals surface area contributed by atoms with E-state index in [2.05, 4.69) is 15.4 Å². The maximum atomic E-state index is 12.3. The second-order valence-corrected chi connectivity index (χ2v) is 6.37. The van der Waals surface area contributed by atoms with Gasteiger partial charge in [-0.15, -0.1) is 0 Å². The molecule has 0 unspecified atom stereocenters. The minimum atomic E-state index is -0.519. The highest BCUT2D eigenvalue weighted by Crippen LogP contribution is 2.22. The smallest absolute Gasteiger partial charge is 0.345 e. The number of pyridine rings is 1. The number of nitrogens with zero attached hydrogens (tertiary/aromatic N) is 3. The predicted octanol–water partition coefficient (Wildman–Crippen LogP) is 1.61. The molecule has 9 nitrogen and oxygen atoms in total. The molecular weight excluding hydrogens is 364 g/mol. The molecule has 2 aromatic heterocycles. The average Bonchev–Trinajstić information content (AvgIpc) is 3.17. The van der Waals surface area contributed by atoms with Gasteiger partial charge in [0.2, 0.25) is 5.88 Å². The Hall–Kier alpha value is -2.94. The molecule has 0 saturated carbocycles. The van der Waals surface area contributed by atoms with Crippen molar-refractivity contribution < 1.29 is 23.8 Å². The lowest BCUT2D eigenvalue weighted by molar-refractivity contribution is 0.0522. The minimum absolute atomic E-state index is 0.176. The molecule has 0 radical (unpaired) electrons. The van der Waals surface area contributed by atoms with Gasteiger partial charge in [-0.3, -0.25) is 4.79 Å². The van der Waals surface area contributed by atoms with Crippen molar-refractivity contribution in [1.29, 1.82) is 0 Å². The van der Waals surface area contributed by atoms with Crippen LogP contribution in [-0.4, -0.2) is 60.1 Å². The van der Waals surface area contributed by atoms with Crippen LogP contribution in [0.3, 0.4) is 0 Å². The van der Waals surface area contributed by atoms with Gasteiger partial charge in [0.1, 0.15) is 5.56 Å². The number of amides is 1. The molecular formula is C19H24N4O5. The molecule has 3 rings (SSSR count). The third kappa shape index (κ3) is 4.48. The largest absolute Gasteiger partial charge is 0.480 e. The third-order valence-corrected chi connectivity index (χ3v) is 4.53. The molecule has 1 aliphatic heterocycles. The van der Waals surface area contributed by atoms with Crippen molar-refractivity contribution >= 4 is 11.9 Å². The molecule has 3 heterocycles. The van der Waals surface area contributed by atoms with Gasteiger partial charge in [-0.2, -0.15) is 9.78 Å². The van der Waals surface area contributed by atoms with Crippen molar-refractivity contribution in [2.24, 2.45) is 5.92 Å². The predicted molar refractivity (Wildman–Crippen MR) is 99.7 cm³/mol. The van der Waals surface area contributed by atoms with E-state index in [-0.39, 0.29) is 24.0 Å². The Morgan fingerprint density at radius 3 is 2.71 bits per heavy atom. The highest BCUT2D eigenvalue weighted by atomic mass is 16.5. The first kappa shape index (κ1) is 19.8. The minimum Gasteiger partial charge on any atom is -0.480 e. The van der Waals surface area contributed by atoms with Gasteiger partial charge >= 0.3 is 5.97 Å². The Morgan fingerprint density at radius 2 is 2.07 bits per heavy atom. The van der Waals surface area contributed by atoms with E-state index in [1.54, 1.807) is 19.1 Å². The lowest BCUT2D eigenvalue weighted by atomic mass is 10.0. The number of esters is 1. The second-order valence-electron chi connectivity index (χ2n) is 6.37. The summed E-state index contributed by atoms with van der Waals surface area (Å²) in [5.41, 5.74) is 0.664. The van der Waals surface area contributed by atoms with Gasteiger partial charge in [0.25, 0.3) is 5.91 Å². The summed E-state index contributed by atoms with van der Waals surface area (Å²) in [5.74, 6) is 0.399. The monoisotopic (exact) mass is 388 g/mol. The first-order chi connectivity index (χ1) is 13.6. The van der Waals surface area contributed by atoms with Crippen molar-refractivity contribution in [2.75, 3.05) is 33.5 Å². The molecule has 28 heavy (non-hydrogen) atoms. The van der Waals surface area contributed by atoms with Crippen LogP contribution in [0.15, 0.2) is 24.5 Å². The quantitative estimate of drug-likeness (QED) is 0.719. The van der Waals surface area contributed by atoms with Crippen LogP contribution in [0.2, 0.25) is 0 Å². The van der Waals surface area contributed by atoms with E-state index in [4.69, 9.17) is 14.2 Å². The number of carbonyl (C=O) groups is 2. The van der Waals surface area contributed by atoms with E-state index in [0.717, 1.165) is 26.1 Å². The fourth-order valence-electron chi connectivity index (χ4n) is 2.98. The molecule has 1 fully saturated rings. The number of hydrogen-bond donors (Lipinski definition) is 1. The van der Waals surface area contributed by atoms with E-state index in [1.165, 1.54) is 24.2 Å². The van der Waals surface area contributed by atoms with Crippen molar-refractivity contribution in [1.82, 2.24) is 20.1 Å². The zero-order valence-corrected chi connectivity index (χ0v) is 16.0. The molecule has 1 amide bonds. The number of carbonyl (C=O) groups excluding carboxylic acids is 2. The first-order valence-corrected chi connectivity index (χ1v) is 9.25. The molecule has 2 aromatic rings. The maximum Gasteiger partial charge on any atom is 0.345 e. The lowest BCUT2D eigenvalue weighted by Crippen LogP contribution is -2.32. The van der Waals surface area contributed by atoms with Crippen molar-refractivity contribution in [3.05, 3.63) is 35.7 Å². The van der Waals surface area contributed by atoms with Gasteiger partial charge in [-0.1, -0.05) is 0 Å². The van der Waals surface area contributed by atoms with Gasteiger partial charge < -0.3 is 19.5 Å². The number of rotatable bonds is 7. The molecule has 1 saturated heterocycles. The van der Waals surface area contributed by atoms with Crippen LogP contribution < -0.4 is 10.1 Å². The lowest BCUT2D eigenvalue weighted by Gasteiger charge is -2.22. The van der Waals surface area contributed by atoms with E-state index in [1.807, 2.05) is 0 Å². The zero-order valence-electron chi connectivity index (χ0n) is 16.0. The molecule has 9 heteroatoms. The Morgan fingerprint density at radius 1 is 1.29 bits per heavy atom. The van der Waals surface area contributed by atoms with Crippen molar-refractivity contribution in [3.63, 3.8) is 0 Å². The van der Waals surface area contributed by atoms with E-state index >= 15 is 0 Å². The number of aromatic nitrogens is 3. The van der Waals surface area contributed by atoms with E-state index in [0.29, 0.717) is 23.8 Å². The Balaban J connectivity index is 1.68. The van der Waals surface area contributed by atoms with Crippen LogP contribution in [0, 0.1) is 5.92 Å². The summed E-state index contributed by atoms with van der Waals surface area (Å²) in [5, 5.41) is 7.09. The Bertz CT molecular complexity index is 812. The van der Waals surface area contributed by atoms with Gasteiger partial charge in [0, 0.05) is 26.0 Å². The molecule has 1 aliphatic rings. The molecule has 1 N–H and O–H groups in total. The highest BCUT2D eigenvalue weighted by molar-refractivity contribution is 5.94. The molecule has 0 bridgehead atoms. The van der Waals surface area contributed by atoms with Crippen LogP contribution in [-0.2, 0) is 9.47 Å². The van der Waals surface area contributed by atoms with Gasteiger partial charge in [0.05, 0.1) is 25.5 Å². The third-order valence-electron chi connectivity index (χ3n) is 4.53. The molecule has 150 valence electrons. The van der Waals surface area contributed by atoms with Gasteiger partial charge in [-0.05, 0) is 37.8 Å². The van der Waals surface area contributed by atoms with E-state index in [9.17, 15) is 9.59 Å². The second kappa shape index (κ2) is 9.32. The number of ether oxygens (including phenoxy) is 3. The van der Waals surface area contributed by atoms with Crippen molar-refractivity contribution in [2.45, 2.75) is 19.8 Å². The Labute approximate surface area is 163 Å². The summed E-state index contributed by atoms with van der Waals surface area (Å²) >= 11 is 0. The average molecular weight is 388 g/mol. The zero-order chi connectivity index (χ0) is 19.9. The van der Waals surface area contributed by atoms with Crippen LogP contribution in [0.25, 0.3) is 5.82 Å². The summed E-state index contributed by atoms with van der Waals surface area (Å²) in [6, 6.07) is 3.31. The summed E-state index contributed by atoms with van der Waals surface area (Å²) in [4.78, 5) is 28.6. The number of methoxy groups -OCH3 is 1. The van der Waals surface area contributed by atoms with Gasteiger partial charge in [-0.25, -0.2) is 9.78 Å². The topological polar surface area (TPSA) is 105 Å². The first-order valence-electron chi connectivity index (χ1n) is 9.25. The Kier molecular flexibility index (Phi) is 6.59. The summed E-state index contributed by atoms with van der Waals surface area (Å²) in [6.45, 7) is 4.09. The van der Waals surface area contributed by atoms with Gasteiger partial charge in [0.15, 0.2) is 5.82 Å². The fraction of sp³-hybridized carbons (Fsp3) is 0.474. The fourth-order valence-corrected chi connectivity index (χ4v) is 2.98. The SMILES string of the molecule is CCOC(=O)c1cnn(-c2ccc(C(=O)NCC3CCOCC3)cn2)c1OC. The maximum absolute atomic E-state index is 12.3. The van der Waals surface area contributed by atoms with E-state index < -0.39 is 5.97 Å². The van der Waals surface area contributed by atoms with Crippen LogP contribution in [0.1, 0.15) is 40.5 Å². The van der Waals surface area contributed by atoms with Crippen LogP contribution >= 0.6 is 0 Å². The molecule has 0 spiro atoms. The standard InChI is InChI=1S/C19H24N4O5/c1-3-28-19(25)15-12-22-23(18(15)26-2)16-5-4-14(11-20-16)17(24)21-10-13-6-8-27-9-7-13/h4-5,11-13H,3,6-10H2,1-2H3,(H,21,24). The summed E-state index contributed by atoms with van der Waals surface area (Å²) in [6.07, 6.45) is 4.76. The molecule has 0 atom stereocenters. The number of hydrogen-bond acceptors (Lipinski definition) is 7. The highest BCUT2D eigenvalue weighted by Gasteiger charge is 2.21. The molecule has 0 aromatic carbocycles. The normalized spacial score (nSPS) is 14.5. The van der Waals surface area contributed by atoms with Crippen LogP contribution in [0.5, 0.6) is 5.88 Å².